The van der Waals surface area contributed by atoms with Crippen LogP contribution in [0.3, 0.4) is 0 Å². The molecule has 0 aliphatic carbocycles. The molecule has 258 valence electrons. The molecule has 0 aliphatic heterocycles. The molecule has 0 aliphatic rings. The smallest absolute Gasteiger partial charge is 0.231 e. The Labute approximate surface area is 298 Å². The summed E-state index contributed by atoms with van der Waals surface area (Å²) in [6.07, 6.45) is 1.95. The summed E-state index contributed by atoms with van der Waals surface area (Å²) in [6, 6.07) is 29.4. The minimum Gasteiger partial charge on any atom is -0.507 e. The number of phenols is 1. The summed E-state index contributed by atoms with van der Waals surface area (Å²) in [5, 5.41) is 10.6. The van der Waals surface area contributed by atoms with Crippen molar-refractivity contribution in [3.05, 3.63) is 113 Å². The molecule has 1 N–H and O–H groups in total. The number of pyridine rings is 1. The van der Waals surface area contributed by atoms with Gasteiger partial charge in [0.15, 0.2) is 5.58 Å². The molecule has 4 aromatic carbocycles. The number of rotatable bonds is 4. The van der Waals surface area contributed by atoms with E-state index in [-0.39, 0.29) is 27.4 Å². The van der Waals surface area contributed by atoms with Crippen LogP contribution >= 0.6 is 0 Å². The molecule has 0 saturated heterocycles. The highest BCUT2D eigenvalue weighted by Gasteiger charge is 2.29. The van der Waals surface area contributed by atoms with Gasteiger partial charge >= 0.3 is 0 Å². The highest BCUT2D eigenvalue weighted by Crippen LogP contribution is 2.45. The average Bonchev–Trinajstić information content (AvgIpc) is 3.47. The van der Waals surface area contributed by atoms with Gasteiger partial charge in [0, 0.05) is 17.3 Å². The van der Waals surface area contributed by atoms with Crippen LogP contribution in [0.15, 0.2) is 95.5 Å². The van der Waals surface area contributed by atoms with E-state index in [0.29, 0.717) is 17.0 Å². The molecule has 50 heavy (non-hydrogen) atoms. The van der Waals surface area contributed by atoms with E-state index >= 15 is 0 Å². The van der Waals surface area contributed by atoms with Crippen molar-refractivity contribution < 1.29 is 9.52 Å². The SMILES string of the molecule is CC(C)(C)c1cc(-c2ccnc(-c3cc(-c4cccc5oc(-c6ccccc6O)nc45)c(C(C)(C)C)cc3C(C)(C)C)c2)cc(C(C)(C)C)c1. The molecule has 0 fully saturated rings. The van der Waals surface area contributed by atoms with E-state index < -0.39 is 0 Å². The van der Waals surface area contributed by atoms with Crippen molar-refractivity contribution in [3.63, 3.8) is 0 Å². The molecular formula is C46H52N2O2. The summed E-state index contributed by atoms with van der Waals surface area (Å²) in [5.74, 6) is 0.539. The first-order chi connectivity index (χ1) is 23.2. The summed E-state index contributed by atoms with van der Waals surface area (Å²) in [6.45, 7) is 27.3. The van der Waals surface area contributed by atoms with Crippen molar-refractivity contribution in [2.45, 2.75) is 105 Å². The fourth-order valence-electron chi connectivity index (χ4n) is 6.63. The molecule has 0 spiro atoms. The van der Waals surface area contributed by atoms with Crippen LogP contribution in [-0.2, 0) is 21.7 Å². The molecule has 6 aromatic rings. The molecule has 0 unspecified atom stereocenters. The number of benzene rings is 4. The molecule has 0 radical (unpaired) electrons. The highest BCUT2D eigenvalue weighted by atomic mass is 16.3. The van der Waals surface area contributed by atoms with Crippen LogP contribution in [0.25, 0.3) is 56.1 Å². The zero-order valence-electron chi connectivity index (χ0n) is 31.9. The molecule has 0 saturated carbocycles. The van der Waals surface area contributed by atoms with E-state index in [2.05, 4.69) is 132 Å². The normalized spacial score (nSPS) is 12.9. The van der Waals surface area contributed by atoms with E-state index in [1.807, 2.05) is 30.5 Å². The van der Waals surface area contributed by atoms with Gasteiger partial charge in [0.1, 0.15) is 11.3 Å². The second-order valence-electron chi connectivity index (χ2n) is 17.9. The second-order valence-corrected chi connectivity index (χ2v) is 17.9. The summed E-state index contributed by atoms with van der Waals surface area (Å²) in [4.78, 5) is 10.0. The van der Waals surface area contributed by atoms with Crippen molar-refractivity contribution in [3.8, 4) is 50.7 Å². The number of nitrogens with zero attached hydrogens (tertiary/aromatic N) is 2. The Bertz CT molecular complexity index is 2180. The summed E-state index contributed by atoms with van der Waals surface area (Å²) >= 11 is 0. The minimum absolute atomic E-state index is 0.0181. The van der Waals surface area contributed by atoms with Crippen LogP contribution in [0.4, 0.5) is 0 Å². The number of aromatic nitrogens is 2. The molecule has 6 rings (SSSR count). The summed E-state index contributed by atoms with van der Waals surface area (Å²) in [5.41, 5.74) is 13.4. The maximum atomic E-state index is 10.6. The summed E-state index contributed by atoms with van der Waals surface area (Å²) < 4.78 is 6.26. The molecule has 2 aromatic heterocycles. The monoisotopic (exact) mass is 664 g/mol. The van der Waals surface area contributed by atoms with E-state index in [9.17, 15) is 5.11 Å². The van der Waals surface area contributed by atoms with Crippen LogP contribution in [0.2, 0.25) is 0 Å². The van der Waals surface area contributed by atoms with Crippen LogP contribution in [0.1, 0.15) is 105 Å². The van der Waals surface area contributed by atoms with Crippen molar-refractivity contribution in [1.82, 2.24) is 9.97 Å². The van der Waals surface area contributed by atoms with Crippen molar-refractivity contribution in [2.24, 2.45) is 0 Å². The highest BCUT2D eigenvalue weighted by molar-refractivity contribution is 5.95. The Balaban J connectivity index is 1.60. The van der Waals surface area contributed by atoms with E-state index in [1.54, 1.807) is 12.1 Å². The first kappa shape index (κ1) is 35.1. The van der Waals surface area contributed by atoms with Crippen LogP contribution in [0, 0.1) is 0 Å². The van der Waals surface area contributed by atoms with Gasteiger partial charge < -0.3 is 9.52 Å². The fourth-order valence-corrected chi connectivity index (χ4v) is 6.63. The number of para-hydroxylation sites is 2. The Kier molecular flexibility index (Phi) is 8.62. The molecule has 2 heterocycles. The largest absolute Gasteiger partial charge is 0.507 e. The standard InChI is InChI=1S/C46H52N2O2/c1-43(2,3)30-22-29(23-31(25-30)44(4,5)6)28-20-21-47-38(24-28)35-26-34(36(45(7,8)9)27-37(35)46(10,11)12)32-17-15-19-40-41(32)48-42(50-40)33-16-13-14-18-39(33)49/h13-27,49H,1-12H3. The van der Waals surface area contributed by atoms with Gasteiger partial charge in [0.2, 0.25) is 5.89 Å². The Morgan fingerprint density at radius 1 is 0.520 bits per heavy atom. The van der Waals surface area contributed by atoms with Gasteiger partial charge in [-0.2, -0.15) is 0 Å². The molecule has 0 amide bonds. The van der Waals surface area contributed by atoms with Crippen LogP contribution < -0.4 is 0 Å². The summed E-state index contributed by atoms with van der Waals surface area (Å²) in [7, 11) is 0. The van der Waals surface area contributed by atoms with Crippen molar-refractivity contribution in [2.75, 3.05) is 0 Å². The van der Waals surface area contributed by atoms with Gasteiger partial charge in [-0.3, -0.25) is 4.98 Å². The average molecular weight is 665 g/mol. The third kappa shape index (κ3) is 6.86. The van der Waals surface area contributed by atoms with Gasteiger partial charge in [0.05, 0.1) is 11.3 Å². The quantitative estimate of drug-likeness (QED) is 0.204. The third-order valence-electron chi connectivity index (χ3n) is 9.65. The number of oxazole rings is 1. The van der Waals surface area contributed by atoms with E-state index in [0.717, 1.165) is 33.5 Å². The van der Waals surface area contributed by atoms with Crippen molar-refractivity contribution in [1.29, 1.82) is 0 Å². The van der Waals surface area contributed by atoms with Gasteiger partial charge in [-0.15, -0.1) is 0 Å². The van der Waals surface area contributed by atoms with E-state index in [4.69, 9.17) is 14.4 Å². The number of fused-ring (bicyclic) bond motifs is 1. The number of hydrogen-bond acceptors (Lipinski definition) is 4. The lowest BCUT2D eigenvalue weighted by Gasteiger charge is -2.30. The number of hydrogen-bond donors (Lipinski definition) is 1. The number of aromatic hydroxyl groups is 1. The topological polar surface area (TPSA) is 59.2 Å². The predicted molar refractivity (Wildman–Crippen MR) is 210 cm³/mol. The molecule has 4 nitrogen and oxygen atoms in total. The van der Waals surface area contributed by atoms with Gasteiger partial charge in [-0.1, -0.05) is 132 Å². The molecular weight excluding hydrogens is 613 g/mol. The zero-order chi connectivity index (χ0) is 36.4. The molecule has 0 bridgehead atoms. The molecule has 4 heteroatoms. The first-order valence-electron chi connectivity index (χ1n) is 17.7. The Hall–Kier alpha value is -4.70. The van der Waals surface area contributed by atoms with Crippen LogP contribution in [0.5, 0.6) is 5.75 Å². The van der Waals surface area contributed by atoms with Gasteiger partial charge in [-0.25, -0.2) is 4.98 Å². The second kappa shape index (κ2) is 12.3. The molecule has 0 atom stereocenters. The zero-order valence-corrected chi connectivity index (χ0v) is 31.9. The predicted octanol–water partition coefficient (Wildman–Crippen LogP) is 12.8. The first-order valence-corrected chi connectivity index (χ1v) is 17.7. The van der Waals surface area contributed by atoms with E-state index in [1.165, 1.54) is 27.8 Å². The third-order valence-corrected chi connectivity index (χ3v) is 9.65. The fraction of sp³-hybridized carbons (Fsp3) is 0.348. The van der Waals surface area contributed by atoms with Gasteiger partial charge in [0.25, 0.3) is 0 Å². The lowest BCUT2D eigenvalue weighted by atomic mass is 9.74. The number of phenolic OH excluding ortho intramolecular Hbond substituents is 1. The maximum Gasteiger partial charge on any atom is 0.231 e. The Morgan fingerprint density at radius 3 is 1.72 bits per heavy atom. The van der Waals surface area contributed by atoms with Crippen LogP contribution in [-0.4, -0.2) is 15.1 Å². The maximum absolute atomic E-state index is 10.6. The van der Waals surface area contributed by atoms with Crippen molar-refractivity contribution >= 4 is 11.1 Å². The lowest BCUT2D eigenvalue weighted by Crippen LogP contribution is -2.19. The lowest BCUT2D eigenvalue weighted by molar-refractivity contribution is 0.474. The minimum atomic E-state index is -0.160. The Morgan fingerprint density at radius 2 is 1.12 bits per heavy atom. The van der Waals surface area contributed by atoms with Gasteiger partial charge in [-0.05, 0) is 97.0 Å².